The van der Waals surface area contributed by atoms with Gasteiger partial charge in [-0.2, -0.15) is 0 Å². The Morgan fingerprint density at radius 2 is 1.95 bits per heavy atom. The molecule has 0 amide bonds. The molecule has 0 radical (unpaired) electrons. The van der Waals surface area contributed by atoms with Gasteiger partial charge in [-0.3, -0.25) is 11.3 Å². The summed E-state index contributed by atoms with van der Waals surface area (Å²) in [4.78, 5) is 0. The predicted molar refractivity (Wildman–Crippen MR) is 83.4 cm³/mol. The Hall–Kier alpha value is -1.32. The van der Waals surface area contributed by atoms with E-state index in [0.29, 0.717) is 0 Å². The first-order valence-electron chi connectivity index (χ1n) is 7.59. The van der Waals surface area contributed by atoms with Crippen molar-refractivity contribution in [2.45, 2.75) is 58.1 Å². The minimum Gasteiger partial charge on any atom is -0.491 e. The minimum absolute atomic E-state index is 0.187. The standard InChI is InChI=1S/C17H26N2O/c1-13(2)20-16-10-8-15(9-11-16)17(19-18)12-14-6-4-3-5-7-14/h6,8-11,13,17,19H,3-5,7,12,18H2,1-2H3. The molecule has 3 heteroatoms. The maximum atomic E-state index is 5.73. The highest BCUT2D eigenvalue weighted by Crippen LogP contribution is 2.28. The number of benzene rings is 1. The van der Waals surface area contributed by atoms with Crippen LogP contribution < -0.4 is 16.0 Å². The second kappa shape index (κ2) is 7.46. The molecule has 2 rings (SSSR count). The average Bonchev–Trinajstić information content (AvgIpc) is 2.46. The van der Waals surface area contributed by atoms with Crippen molar-refractivity contribution in [2.75, 3.05) is 0 Å². The summed E-state index contributed by atoms with van der Waals surface area (Å²) in [6.45, 7) is 4.07. The molecule has 0 saturated heterocycles. The van der Waals surface area contributed by atoms with E-state index in [2.05, 4.69) is 23.6 Å². The highest BCUT2D eigenvalue weighted by molar-refractivity contribution is 5.30. The van der Waals surface area contributed by atoms with Crippen molar-refractivity contribution >= 4 is 0 Å². The first kappa shape index (κ1) is 15.1. The summed E-state index contributed by atoms with van der Waals surface area (Å²) in [7, 11) is 0. The van der Waals surface area contributed by atoms with Crippen LogP contribution in [0, 0.1) is 0 Å². The third-order valence-corrected chi connectivity index (χ3v) is 3.71. The van der Waals surface area contributed by atoms with Crippen molar-refractivity contribution in [3.8, 4) is 5.75 Å². The number of hydrogen-bond acceptors (Lipinski definition) is 3. The molecule has 3 N–H and O–H groups in total. The van der Waals surface area contributed by atoms with Gasteiger partial charge in [0.15, 0.2) is 0 Å². The largest absolute Gasteiger partial charge is 0.491 e. The van der Waals surface area contributed by atoms with Gasteiger partial charge in [0.1, 0.15) is 5.75 Å². The number of hydrazine groups is 1. The summed E-state index contributed by atoms with van der Waals surface area (Å²) in [5.41, 5.74) is 5.69. The molecule has 3 nitrogen and oxygen atoms in total. The number of hydrogen-bond donors (Lipinski definition) is 2. The van der Waals surface area contributed by atoms with Gasteiger partial charge in [0.2, 0.25) is 0 Å². The van der Waals surface area contributed by atoms with Crippen LogP contribution in [0.15, 0.2) is 35.9 Å². The lowest BCUT2D eigenvalue weighted by molar-refractivity contribution is 0.242. The summed E-state index contributed by atoms with van der Waals surface area (Å²) >= 11 is 0. The fraction of sp³-hybridized carbons (Fsp3) is 0.529. The fourth-order valence-corrected chi connectivity index (χ4v) is 2.68. The van der Waals surface area contributed by atoms with E-state index in [1.54, 1.807) is 0 Å². The van der Waals surface area contributed by atoms with E-state index in [4.69, 9.17) is 10.6 Å². The van der Waals surface area contributed by atoms with Crippen LogP contribution in [0.1, 0.15) is 57.6 Å². The average molecular weight is 274 g/mol. The van der Waals surface area contributed by atoms with Gasteiger partial charge >= 0.3 is 0 Å². The quantitative estimate of drug-likeness (QED) is 0.470. The minimum atomic E-state index is 0.187. The van der Waals surface area contributed by atoms with E-state index in [-0.39, 0.29) is 12.1 Å². The Morgan fingerprint density at radius 3 is 2.50 bits per heavy atom. The molecule has 1 aliphatic rings. The van der Waals surface area contributed by atoms with Crippen molar-refractivity contribution in [3.63, 3.8) is 0 Å². The van der Waals surface area contributed by atoms with Gasteiger partial charge in [-0.15, -0.1) is 0 Å². The molecule has 0 saturated carbocycles. The molecule has 0 aliphatic heterocycles. The maximum absolute atomic E-state index is 5.73. The normalized spacial score (nSPS) is 16.9. The van der Waals surface area contributed by atoms with E-state index in [0.717, 1.165) is 12.2 Å². The topological polar surface area (TPSA) is 47.3 Å². The highest BCUT2D eigenvalue weighted by atomic mass is 16.5. The highest BCUT2D eigenvalue weighted by Gasteiger charge is 2.13. The second-order valence-corrected chi connectivity index (χ2v) is 5.77. The molecule has 1 atom stereocenters. The Bertz CT molecular complexity index is 437. The number of allylic oxidation sites excluding steroid dienone is 1. The Morgan fingerprint density at radius 1 is 1.20 bits per heavy atom. The smallest absolute Gasteiger partial charge is 0.119 e. The van der Waals surface area contributed by atoms with Gasteiger partial charge in [0.25, 0.3) is 0 Å². The molecular formula is C17H26N2O. The maximum Gasteiger partial charge on any atom is 0.119 e. The lowest BCUT2D eigenvalue weighted by Crippen LogP contribution is -2.28. The first-order valence-corrected chi connectivity index (χ1v) is 7.59. The zero-order valence-corrected chi connectivity index (χ0v) is 12.6. The molecule has 1 aromatic rings. The Kier molecular flexibility index (Phi) is 5.62. The van der Waals surface area contributed by atoms with Crippen LogP contribution in [-0.4, -0.2) is 6.10 Å². The number of rotatable bonds is 6. The summed E-state index contributed by atoms with van der Waals surface area (Å²) < 4.78 is 5.67. The molecule has 0 fully saturated rings. The molecule has 20 heavy (non-hydrogen) atoms. The van der Waals surface area contributed by atoms with E-state index in [1.807, 2.05) is 26.0 Å². The van der Waals surface area contributed by atoms with Crippen molar-refractivity contribution in [1.82, 2.24) is 5.43 Å². The first-order chi connectivity index (χ1) is 9.69. The van der Waals surface area contributed by atoms with E-state index in [1.165, 1.54) is 36.8 Å². The van der Waals surface area contributed by atoms with Crippen molar-refractivity contribution in [3.05, 3.63) is 41.5 Å². The fourth-order valence-electron chi connectivity index (χ4n) is 2.68. The molecule has 0 spiro atoms. The number of ether oxygens (including phenoxy) is 1. The van der Waals surface area contributed by atoms with Crippen molar-refractivity contribution in [1.29, 1.82) is 0 Å². The molecule has 1 aromatic carbocycles. The molecule has 1 aliphatic carbocycles. The van der Waals surface area contributed by atoms with Crippen LogP contribution in [-0.2, 0) is 0 Å². The monoisotopic (exact) mass is 274 g/mol. The van der Waals surface area contributed by atoms with E-state index in [9.17, 15) is 0 Å². The van der Waals surface area contributed by atoms with Crippen molar-refractivity contribution < 1.29 is 4.74 Å². The van der Waals surface area contributed by atoms with Crippen LogP contribution in [0.3, 0.4) is 0 Å². The van der Waals surface area contributed by atoms with Gasteiger partial charge in [0, 0.05) is 6.04 Å². The number of nitrogens with two attached hydrogens (primary N) is 1. The van der Waals surface area contributed by atoms with Crippen molar-refractivity contribution in [2.24, 2.45) is 5.84 Å². The Balaban J connectivity index is 2.01. The van der Waals surface area contributed by atoms with E-state index >= 15 is 0 Å². The zero-order valence-electron chi connectivity index (χ0n) is 12.6. The summed E-state index contributed by atoms with van der Waals surface area (Å²) in [6.07, 6.45) is 8.65. The molecule has 0 bridgehead atoms. The molecule has 0 aromatic heterocycles. The molecular weight excluding hydrogens is 248 g/mol. The summed E-state index contributed by atoms with van der Waals surface area (Å²) in [6, 6.07) is 8.44. The molecule has 1 unspecified atom stereocenters. The van der Waals surface area contributed by atoms with Gasteiger partial charge in [-0.25, -0.2) is 0 Å². The lowest BCUT2D eigenvalue weighted by atomic mass is 9.92. The SMILES string of the molecule is CC(C)Oc1ccc(C(CC2=CCCCC2)NN)cc1. The number of nitrogens with one attached hydrogen (secondary N) is 1. The predicted octanol–water partition coefficient (Wildman–Crippen LogP) is 3.87. The zero-order chi connectivity index (χ0) is 14.4. The van der Waals surface area contributed by atoms with Crippen LogP contribution in [0.2, 0.25) is 0 Å². The molecule has 0 heterocycles. The summed E-state index contributed by atoms with van der Waals surface area (Å²) in [5.74, 6) is 6.65. The lowest BCUT2D eigenvalue weighted by Gasteiger charge is -2.21. The van der Waals surface area contributed by atoms with Crippen LogP contribution >= 0.6 is 0 Å². The van der Waals surface area contributed by atoms with Gasteiger partial charge in [0.05, 0.1) is 6.10 Å². The third-order valence-electron chi connectivity index (χ3n) is 3.71. The third kappa shape index (κ3) is 4.36. The Labute approximate surface area is 122 Å². The van der Waals surface area contributed by atoms with Gasteiger partial charge in [-0.1, -0.05) is 23.8 Å². The summed E-state index contributed by atoms with van der Waals surface area (Å²) in [5, 5.41) is 0. The molecule has 110 valence electrons. The van der Waals surface area contributed by atoms with Gasteiger partial charge in [-0.05, 0) is 63.6 Å². The van der Waals surface area contributed by atoms with Crippen LogP contribution in [0.25, 0.3) is 0 Å². The van der Waals surface area contributed by atoms with Gasteiger partial charge < -0.3 is 4.74 Å². The van der Waals surface area contributed by atoms with Crippen LogP contribution in [0.5, 0.6) is 5.75 Å². The van der Waals surface area contributed by atoms with E-state index < -0.39 is 0 Å². The second-order valence-electron chi connectivity index (χ2n) is 5.77. The van der Waals surface area contributed by atoms with Crippen LogP contribution in [0.4, 0.5) is 0 Å².